The molecule has 0 amide bonds. The first-order valence-corrected chi connectivity index (χ1v) is 13.3. The summed E-state index contributed by atoms with van der Waals surface area (Å²) in [6, 6.07) is 47.5. The van der Waals surface area contributed by atoms with Crippen LogP contribution in [-0.2, 0) is 0 Å². The molecule has 39 heavy (non-hydrogen) atoms. The van der Waals surface area contributed by atoms with Gasteiger partial charge in [0.05, 0.1) is 16.7 Å². The third-order valence-corrected chi connectivity index (χ3v) is 7.63. The van der Waals surface area contributed by atoms with Crippen molar-refractivity contribution in [3.8, 4) is 22.3 Å². The van der Waals surface area contributed by atoms with Crippen LogP contribution in [0.4, 0.5) is 5.69 Å². The number of fused-ring (bicyclic) bond motifs is 7. The minimum absolute atomic E-state index is 0.725. The predicted octanol–water partition coefficient (Wildman–Crippen LogP) is 9.98. The average molecular weight is 501 g/mol. The first-order valence-electron chi connectivity index (χ1n) is 13.3. The van der Waals surface area contributed by atoms with Crippen LogP contribution >= 0.6 is 0 Å². The number of aromatic amines is 1. The van der Waals surface area contributed by atoms with Crippen LogP contribution in [0.5, 0.6) is 0 Å². The van der Waals surface area contributed by atoms with Crippen LogP contribution in [0.1, 0.15) is 5.56 Å². The standard InChI is InChI=1S/C37H28N2/c1-24-21-26(25-11-3-2-4-12-25)23-27(22-24)28-17-9-18-33-31-15-7-5-13-29(31)30-14-6-8-16-32(30)34-19-10-20-35(38)37(34)39-36(28)33/h2-23,39H,38H2,1H3. The Hall–Kier alpha value is -5.08. The second-order valence-corrected chi connectivity index (χ2v) is 10.2. The molecule has 7 aromatic rings. The molecule has 0 fully saturated rings. The monoisotopic (exact) mass is 500 g/mol. The summed E-state index contributed by atoms with van der Waals surface area (Å²) in [5.41, 5.74) is 15.3. The molecule has 1 aromatic heterocycles. The highest BCUT2D eigenvalue weighted by atomic mass is 14.7. The largest absolute Gasteiger partial charge is 0.397 e. The number of anilines is 1. The molecule has 3 N–H and O–H groups in total. The lowest BCUT2D eigenvalue weighted by Gasteiger charge is -2.12. The Morgan fingerprint density at radius 1 is 0.436 bits per heavy atom. The highest BCUT2D eigenvalue weighted by molar-refractivity contribution is 6.21. The van der Waals surface area contributed by atoms with Crippen LogP contribution < -0.4 is 5.73 Å². The van der Waals surface area contributed by atoms with Gasteiger partial charge >= 0.3 is 0 Å². The minimum atomic E-state index is 0.725. The van der Waals surface area contributed by atoms with Gasteiger partial charge in [0.2, 0.25) is 0 Å². The molecule has 0 saturated heterocycles. The normalized spacial score (nSPS) is 11.3. The molecule has 6 aromatic carbocycles. The van der Waals surface area contributed by atoms with Crippen molar-refractivity contribution in [1.82, 2.24) is 4.98 Å². The number of nitrogen functional groups attached to an aromatic ring is 1. The molecule has 0 saturated carbocycles. The quantitative estimate of drug-likeness (QED) is 0.228. The fourth-order valence-corrected chi connectivity index (χ4v) is 5.85. The van der Waals surface area contributed by atoms with Crippen molar-refractivity contribution in [1.29, 1.82) is 0 Å². The molecule has 2 heteroatoms. The second-order valence-electron chi connectivity index (χ2n) is 10.2. The third kappa shape index (κ3) is 3.98. The number of H-pyrrole nitrogens is 1. The van der Waals surface area contributed by atoms with E-state index in [1.165, 1.54) is 38.4 Å². The maximum atomic E-state index is 6.68. The lowest BCUT2D eigenvalue weighted by molar-refractivity contribution is 1.45. The van der Waals surface area contributed by atoms with E-state index >= 15 is 0 Å². The number of nitrogens with two attached hydrogens (primary N) is 1. The van der Waals surface area contributed by atoms with Crippen LogP contribution in [-0.4, -0.2) is 4.98 Å². The van der Waals surface area contributed by atoms with Gasteiger partial charge in [-0.25, -0.2) is 0 Å². The highest BCUT2D eigenvalue weighted by Crippen LogP contribution is 2.37. The zero-order valence-corrected chi connectivity index (χ0v) is 21.8. The molecule has 0 radical (unpaired) electrons. The van der Waals surface area contributed by atoms with E-state index in [4.69, 9.17) is 5.73 Å². The van der Waals surface area contributed by atoms with E-state index in [2.05, 4.69) is 133 Å². The van der Waals surface area contributed by atoms with Crippen LogP contribution in [0.3, 0.4) is 0 Å². The zero-order chi connectivity index (χ0) is 26.3. The maximum Gasteiger partial charge on any atom is 0.0698 e. The van der Waals surface area contributed by atoms with Gasteiger partial charge in [0, 0.05) is 16.3 Å². The average Bonchev–Trinajstić information content (AvgIpc) is 3.03. The van der Waals surface area contributed by atoms with Gasteiger partial charge in [-0.3, -0.25) is 0 Å². The van der Waals surface area contributed by atoms with Crippen molar-refractivity contribution in [2.45, 2.75) is 6.92 Å². The molecule has 0 spiro atoms. The Morgan fingerprint density at radius 2 is 0.949 bits per heavy atom. The van der Waals surface area contributed by atoms with E-state index in [1.54, 1.807) is 0 Å². The van der Waals surface area contributed by atoms with E-state index < -0.39 is 0 Å². The molecule has 0 unspecified atom stereocenters. The Kier molecular flexibility index (Phi) is 5.53. The summed E-state index contributed by atoms with van der Waals surface area (Å²) in [5.74, 6) is 0. The topological polar surface area (TPSA) is 41.8 Å². The molecule has 186 valence electrons. The number of benzene rings is 6. The number of rotatable bonds is 2. The van der Waals surface area contributed by atoms with E-state index in [-0.39, 0.29) is 0 Å². The lowest BCUT2D eigenvalue weighted by atomic mass is 9.94. The van der Waals surface area contributed by atoms with Gasteiger partial charge in [-0.2, -0.15) is 0 Å². The van der Waals surface area contributed by atoms with Gasteiger partial charge in [-0.15, -0.1) is 0 Å². The molecule has 0 aliphatic rings. The number of hydrogen-bond acceptors (Lipinski definition) is 1. The summed E-state index contributed by atoms with van der Waals surface area (Å²) in [7, 11) is 0. The number of aryl methyl sites for hydroxylation is 1. The maximum absolute atomic E-state index is 6.68. The number of para-hydroxylation sites is 2. The number of nitrogens with one attached hydrogen (secondary N) is 1. The Morgan fingerprint density at radius 3 is 1.62 bits per heavy atom. The third-order valence-electron chi connectivity index (χ3n) is 7.63. The highest BCUT2D eigenvalue weighted by Gasteiger charge is 2.11. The SMILES string of the molecule is Cc1cc(-c2ccccc2)cc(-c2cccc3c2[nH]c2c(N)cccc2c2ccccc2c2ccccc32)c1. The summed E-state index contributed by atoms with van der Waals surface area (Å²) in [4.78, 5) is 3.85. The molecule has 1 heterocycles. The summed E-state index contributed by atoms with van der Waals surface area (Å²) < 4.78 is 0. The van der Waals surface area contributed by atoms with Crippen molar-refractivity contribution >= 4 is 49.0 Å². The fourth-order valence-electron chi connectivity index (χ4n) is 5.85. The van der Waals surface area contributed by atoms with Crippen molar-refractivity contribution < 1.29 is 0 Å². The van der Waals surface area contributed by atoms with Crippen molar-refractivity contribution in [3.63, 3.8) is 0 Å². The van der Waals surface area contributed by atoms with Crippen LogP contribution in [0.2, 0.25) is 0 Å². The first-order chi connectivity index (χ1) is 19.2. The molecule has 0 aliphatic heterocycles. The van der Waals surface area contributed by atoms with Crippen molar-refractivity contribution in [2.75, 3.05) is 5.73 Å². The summed E-state index contributed by atoms with van der Waals surface area (Å²) in [6.07, 6.45) is 0. The van der Waals surface area contributed by atoms with E-state index in [0.29, 0.717) is 0 Å². The zero-order valence-electron chi connectivity index (χ0n) is 21.8. The van der Waals surface area contributed by atoms with Crippen LogP contribution in [0.25, 0.3) is 65.6 Å². The molecular weight excluding hydrogens is 472 g/mol. The van der Waals surface area contributed by atoms with Crippen LogP contribution in [0.15, 0.2) is 133 Å². The molecule has 0 atom stereocenters. The molecule has 2 nitrogen and oxygen atoms in total. The summed E-state index contributed by atoms with van der Waals surface area (Å²) >= 11 is 0. The lowest BCUT2D eigenvalue weighted by Crippen LogP contribution is -1.90. The molecule has 7 rings (SSSR count). The fraction of sp³-hybridized carbons (Fsp3) is 0.0270. The molecular formula is C37H28N2. The number of aromatic nitrogens is 1. The van der Waals surface area contributed by atoms with Crippen LogP contribution in [0, 0.1) is 6.92 Å². The second kappa shape index (κ2) is 9.34. The number of hydrogen-bond donors (Lipinski definition) is 2. The Labute approximate surface area is 227 Å². The minimum Gasteiger partial charge on any atom is -0.397 e. The van der Waals surface area contributed by atoms with Gasteiger partial charge < -0.3 is 10.7 Å². The Balaban J connectivity index is 1.71. The van der Waals surface area contributed by atoms with Gasteiger partial charge in [0.1, 0.15) is 0 Å². The first kappa shape index (κ1) is 23.1. The molecule has 0 aliphatic carbocycles. The smallest absolute Gasteiger partial charge is 0.0698 e. The summed E-state index contributed by atoms with van der Waals surface area (Å²) in [6.45, 7) is 2.17. The van der Waals surface area contributed by atoms with Crippen molar-refractivity contribution in [3.05, 3.63) is 139 Å². The van der Waals surface area contributed by atoms with Gasteiger partial charge in [0.15, 0.2) is 0 Å². The molecule has 0 bridgehead atoms. The van der Waals surface area contributed by atoms with E-state index in [1.807, 2.05) is 12.1 Å². The van der Waals surface area contributed by atoms with E-state index in [0.717, 1.165) is 38.4 Å². The van der Waals surface area contributed by atoms with Gasteiger partial charge in [0.25, 0.3) is 0 Å². The predicted molar refractivity (Wildman–Crippen MR) is 168 cm³/mol. The van der Waals surface area contributed by atoms with Gasteiger partial charge in [-0.05, 0) is 62.9 Å². The van der Waals surface area contributed by atoms with E-state index in [9.17, 15) is 0 Å². The summed E-state index contributed by atoms with van der Waals surface area (Å²) in [5, 5.41) is 7.00. The van der Waals surface area contributed by atoms with Gasteiger partial charge in [-0.1, -0.05) is 121 Å². The van der Waals surface area contributed by atoms with Crippen molar-refractivity contribution in [2.24, 2.45) is 0 Å². The Bertz CT molecular complexity index is 2080.